The Morgan fingerprint density at radius 2 is 1.81 bits per heavy atom. The van der Waals surface area contributed by atoms with Crippen LogP contribution in [0.25, 0.3) is 0 Å². The molecule has 0 aromatic heterocycles. The van der Waals surface area contributed by atoms with Crippen LogP contribution < -0.4 is 0 Å². The zero-order valence-corrected chi connectivity index (χ0v) is 9.12. The number of alkyl halides is 4. The van der Waals surface area contributed by atoms with Gasteiger partial charge in [0.1, 0.15) is 17.2 Å². The minimum Gasteiger partial charge on any atom is -0.293 e. The molecule has 0 aliphatic carbocycles. The third kappa shape index (κ3) is 2.40. The largest absolute Gasteiger partial charge is 0.422 e. The molecule has 1 rings (SSSR count). The van der Waals surface area contributed by atoms with Crippen molar-refractivity contribution in [1.29, 1.82) is 0 Å². The molecule has 16 heavy (non-hydrogen) atoms. The molecule has 0 radical (unpaired) electrons. The van der Waals surface area contributed by atoms with Gasteiger partial charge in [0.15, 0.2) is 5.78 Å². The Morgan fingerprint density at radius 3 is 2.25 bits per heavy atom. The number of hydrogen-bond acceptors (Lipinski definition) is 1. The maximum absolute atomic E-state index is 13.3. The number of benzene rings is 1. The predicted molar refractivity (Wildman–Crippen MR) is 49.5 cm³/mol. The van der Waals surface area contributed by atoms with E-state index in [0.29, 0.717) is 12.1 Å². The number of carbonyl (C=O) groups excluding carboxylic acids is 1. The first kappa shape index (κ1) is 13.1. The highest BCUT2D eigenvalue weighted by molar-refractivity contribution is 9.09. The summed E-state index contributed by atoms with van der Waals surface area (Å²) in [4.78, 5) is 11.0. The number of ketones is 1. The van der Waals surface area contributed by atoms with E-state index < -0.39 is 34.7 Å². The molecular formula is C9H4BrF5O. The van der Waals surface area contributed by atoms with Gasteiger partial charge in [-0.1, -0.05) is 15.9 Å². The van der Waals surface area contributed by atoms with Crippen LogP contribution in [0.3, 0.4) is 0 Å². The lowest BCUT2D eigenvalue weighted by molar-refractivity contribution is -0.142. The molecule has 0 spiro atoms. The van der Waals surface area contributed by atoms with Crippen molar-refractivity contribution in [2.75, 3.05) is 5.33 Å². The van der Waals surface area contributed by atoms with Crippen LogP contribution in [0.1, 0.15) is 15.9 Å². The second-order valence-corrected chi connectivity index (χ2v) is 3.40. The van der Waals surface area contributed by atoms with Crippen LogP contribution in [-0.2, 0) is 6.18 Å². The van der Waals surface area contributed by atoms with E-state index in [9.17, 15) is 26.7 Å². The van der Waals surface area contributed by atoms with Gasteiger partial charge in [0.25, 0.3) is 0 Å². The van der Waals surface area contributed by atoms with Gasteiger partial charge in [-0.3, -0.25) is 4.79 Å². The third-order valence-corrected chi connectivity index (χ3v) is 2.31. The van der Waals surface area contributed by atoms with Gasteiger partial charge in [-0.2, -0.15) is 13.2 Å². The van der Waals surface area contributed by atoms with Gasteiger partial charge in [0.05, 0.1) is 10.9 Å². The number of carbonyl (C=O) groups is 1. The zero-order valence-electron chi connectivity index (χ0n) is 7.54. The SMILES string of the molecule is O=C(CBr)c1ccc(F)c(C(F)(F)F)c1F. The highest BCUT2D eigenvalue weighted by Gasteiger charge is 2.39. The molecule has 1 aromatic rings. The first-order chi connectivity index (χ1) is 7.29. The maximum Gasteiger partial charge on any atom is 0.422 e. The molecule has 0 saturated carbocycles. The fourth-order valence-electron chi connectivity index (χ4n) is 1.10. The van der Waals surface area contributed by atoms with Crippen molar-refractivity contribution in [3.05, 3.63) is 34.9 Å². The van der Waals surface area contributed by atoms with Crippen LogP contribution in [0.4, 0.5) is 22.0 Å². The average molecular weight is 303 g/mol. The number of halogens is 6. The number of hydrogen-bond donors (Lipinski definition) is 0. The lowest BCUT2D eigenvalue weighted by Crippen LogP contribution is -2.15. The predicted octanol–water partition coefficient (Wildman–Crippen LogP) is 3.56. The summed E-state index contributed by atoms with van der Waals surface area (Å²) in [6.07, 6.45) is -5.17. The summed E-state index contributed by atoms with van der Waals surface area (Å²) in [6, 6.07) is 1.10. The Hall–Kier alpha value is -0.980. The fourth-order valence-corrected chi connectivity index (χ4v) is 1.40. The third-order valence-electron chi connectivity index (χ3n) is 1.80. The van der Waals surface area contributed by atoms with Crippen LogP contribution in [-0.4, -0.2) is 11.1 Å². The van der Waals surface area contributed by atoms with Crippen LogP contribution in [0.5, 0.6) is 0 Å². The molecule has 0 atom stereocenters. The molecule has 0 saturated heterocycles. The lowest BCUT2D eigenvalue weighted by Gasteiger charge is -2.11. The van der Waals surface area contributed by atoms with Crippen LogP contribution in [0.15, 0.2) is 12.1 Å². The van der Waals surface area contributed by atoms with Crippen molar-refractivity contribution in [2.24, 2.45) is 0 Å². The molecule has 1 aromatic carbocycles. The topological polar surface area (TPSA) is 17.1 Å². The summed E-state index contributed by atoms with van der Waals surface area (Å²) in [5, 5.41) is -0.340. The monoisotopic (exact) mass is 302 g/mol. The second-order valence-electron chi connectivity index (χ2n) is 2.84. The number of rotatable bonds is 2. The van der Waals surface area contributed by atoms with Crippen LogP contribution in [0.2, 0.25) is 0 Å². The van der Waals surface area contributed by atoms with Gasteiger partial charge in [0.2, 0.25) is 0 Å². The van der Waals surface area contributed by atoms with E-state index in [0.717, 1.165) is 0 Å². The van der Waals surface area contributed by atoms with Crippen LogP contribution >= 0.6 is 15.9 Å². The Labute approximate surface area is 95.4 Å². The highest BCUT2D eigenvalue weighted by Crippen LogP contribution is 2.34. The molecule has 0 heterocycles. The van der Waals surface area contributed by atoms with Gasteiger partial charge < -0.3 is 0 Å². The summed E-state index contributed by atoms with van der Waals surface area (Å²) in [6.45, 7) is 0. The first-order valence-electron chi connectivity index (χ1n) is 3.93. The van der Waals surface area contributed by atoms with Crippen molar-refractivity contribution < 1.29 is 26.7 Å². The highest BCUT2D eigenvalue weighted by atomic mass is 79.9. The molecule has 0 N–H and O–H groups in total. The van der Waals surface area contributed by atoms with Crippen molar-refractivity contribution in [1.82, 2.24) is 0 Å². The Balaban J connectivity index is 3.45. The van der Waals surface area contributed by atoms with Crippen LogP contribution in [0, 0.1) is 11.6 Å². The molecule has 0 bridgehead atoms. The van der Waals surface area contributed by atoms with E-state index >= 15 is 0 Å². The standard InChI is InChI=1S/C9H4BrF5O/c10-3-6(16)4-1-2-5(11)7(8(4)12)9(13,14)15/h1-2H,3H2. The van der Waals surface area contributed by atoms with E-state index in [1.54, 1.807) is 0 Å². The van der Waals surface area contributed by atoms with Crippen molar-refractivity contribution in [3.63, 3.8) is 0 Å². The van der Waals surface area contributed by atoms with Gasteiger partial charge in [-0.05, 0) is 12.1 Å². The molecule has 7 heteroatoms. The van der Waals surface area contributed by atoms with E-state index in [1.807, 2.05) is 0 Å². The van der Waals surface area contributed by atoms with Crippen molar-refractivity contribution >= 4 is 21.7 Å². The average Bonchev–Trinajstić information content (AvgIpc) is 2.14. The molecule has 0 fully saturated rings. The Morgan fingerprint density at radius 1 is 1.25 bits per heavy atom. The van der Waals surface area contributed by atoms with E-state index in [1.165, 1.54) is 0 Å². The normalized spacial score (nSPS) is 11.6. The van der Waals surface area contributed by atoms with E-state index in [4.69, 9.17) is 0 Å². The lowest BCUT2D eigenvalue weighted by atomic mass is 10.1. The maximum atomic E-state index is 13.3. The fraction of sp³-hybridized carbons (Fsp3) is 0.222. The summed E-state index contributed by atoms with van der Waals surface area (Å²) in [5.41, 5.74) is -2.83. The quantitative estimate of drug-likeness (QED) is 0.464. The van der Waals surface area contributed by atoms with Crippen molar-refractivity contribution in [2.45, 2.75) is 6.18 Å². The van der Waals surface area contributed by atoms with Gasteiger partial charge in [-0.15, -0.1) is 0 Å². The van der Waals surface area contributed by atoms with E-state index in [2.05, 4.69) is 15.9 Å². The smallest absolute Gasteiger partial charge is 0.293 e. The molecule has 0 amide bonds. The summed E-state index contributed by atoms with van der Waals surface area (Å²) in [7, 11) is 0. The molecule has 88 valence electrons. The molecular weight excluding hydrogens is 299 g/mol. The summed E-state index contributed by atoms with van der Waals surface area (Å²) < 4.78 is 62.8. The summed E-state index contributed by atoms with van der Waals surface area (Å²) in [5.74, 6) is -4.50. The Kier molecular flexibility index (Phi) is 3.67. The minimum atomic E-state index is -5.17. The minimum absolute atomic E-state index is 0.340. The van der Waals surface area contributed by atoms with Crippen molar-refractivity contribution in [3.8, 4) is 0 Å². The molecule has 0 unspecified atom stereocenters. The van der Waals surface area contributed by atoms with Gasteiger partial charge in [0, 0.05) is 0 Å². The van der Waals surface area contributed by atoms with Gasteiger partial charge in [-0.25, -0.2) is 8.78 Å². The zero-order chi connectivity index (χ0) is 12.5. The molecule has 1 nitrogen and oxygen atoms in total. The second kappa shape index (κ2) is 4.48. The number of Topliss-reactive ketones (excluding diaryl/α,β-unsaturated/α-hetero) is 1. The molecule has 0 aliphatic heterocycles. The first-order valence-corrected chi connectivity index (χ1v) is 5.05. The van der Waals surface area contributed by atoms with Gasteiger partial charge >= 0.3 is 6.18 Å². The van der Waals surface area contributed by atoms with E-state index in [-0.39, 0.29) is 5.33 Å². The molecule has 0 aliphatic rings. The summed E-state index contributed by atoms with van der Waals surface area (Å²) >= 11 is 2.69. The Bertz CT molecular complexity index is 427.